The van der Waals surface area contributed by atoms with Gasteiger partial charge in [0.15, 0.2) is 0 Å². The van der Waals surface area contributed by atoms with Crippen LogP contribution in [0, 0.1) is 0 Å². The third kappa shape index (κ3) is 4.00. The molecule has 2 aromatic carbocycles. The second kappa shape index (κ2) is 7.75. The molecule has 0 radical (unpaired) electrons. The van der Waals surface area contributed by atoms with Crippen LogP contribution in [0.5, 0.6) is 5.75 Å². The minimum atomic E-state index is -0.319. The molecule has 3 aromatic rings. The van der Waals surface area contributed by atoms with E-state index in [-0.39, 0.29) is 6.04 Å². The number of nitrogens with two attached hydrogens (primary N) is 1. The minimum Gasteiger partial charge on any atom is -0.494 e. The molecule has 0 amide bonds. The van der Waals surface area contributed by atoms with Crippen LogP contribution in [0.1, 0.15) is 30.8 Å². The molecule has 2 N–H and O–H groups in total. The Bertz CT molecular complexity index is 754. The predicted molar refractivity (Wildman–Crippen MR) is 92.6 cm³/mol. The fraction of sp³-hybridized carbons (Fsp3) is 0.263. The molecule has 24 heavy (non-hydrogen) atoms. The lowest BCUT2D eigenvalue weighted by Crippen LogP contribution is -2.13. The van der Waals surface area contributed by atoms with Gasteiger partial charge in [-0.25, -0.2) is 0 Å². The van der Waals surface area contributed by atoms with Gasteiger partial charge in [-0.05, 0) is 42.7 Å². The maximum absolute atomic E-state index is 6.18. The van der Waals surface area contributed by atoms with Crippen molar-refractivity contribution >= 4 is 0 Å². The van der Waals surface area contributed by atoms with Gasteiger partial charge in [0, 0.05) is 5.56 Å². The molecule has 1 aromatic heterocycles. The van der Waals surface area contributed by atoms with Crippen LogP contribution in [-0.2, 0) is 6.42 Å². The van der Waals surface area contributed by atoms with Gasteiger partial charge < -0.3 is 15.0 Å². The van der Waals surface area contributed by atoms with Crippen molar-refractivity contribution in [2.45, 2.75) is 25.8 Å². The van der Waals surface area contributed by atoms with E-state index in [2.05, 4.69) is 17.1 Å². The molecule has 0 aliphatic rings. The third-order valence-corrected chi connectivity index (χ3v) is 3.64. The van der Waals surface area contributed by atoms with Crippen LogP contribution in [0.3, 0.4) is 0 Å². The Labute approximate surface area is 141 Å². The van der Waals surface area contributed by atoms with E-state index in [0.29, 0.717) is 24.7 Å². The van der Waals surface area contributed by atoms with Gasteiger partial charge in [0.2, 0.25) is 11.7 Å². The van der Waals surface area contributed by atoms with Gasteiger partial charge in [-0.2, -0.15) is 4.98 Å². The maximum Gasteiger partial charge on any atom is 0.244 e. The molecule has 124 valence electrons. The summed E-state index contributed by atoms with van der Waals surface area (Å²) in [5.74, 6) is 1.82. The first-order valence-electron chi connectivity index (χ1n) is 8.12. The molecular formula is C19H21N3O2. The van der Waals surface area contributed by atoms with Gasteiger partial charge in [0.1, 0.15) is 5.75 Å². The molecule has 0 aliphatic heterocycles. The van der Waals surface area contributed by atoms with Crippen molar-refractivity contribution in [1.82, 2.24) is 10.1 Å². The molecule has 5 nitrogen and oxygen atoms in total. The first kappa shape index (κ1) is 16.2. The summed E-state index contributed by atoms with van der Waals surface area (Å²) >= 11 is 0. The van der Waals surface area contributed by atoms with E-state index in [0.717, 1.165) is 23.3 Å². The summed E-state index contributed by atoms with van der Waals surface area (Å²) in [6.07, 6.45) is 1.64. The molecule has 0 spiro atoms. The van der Waals surface area contributed by atoms with Gasteiger partial charge >= 0.3 is 0 Å². The van der Waals surface area contributed by atoms with Crippen LogP contribution >= 0.6 is 0 Å². The predicted octanol–water partition coefficient (Wildman–Crippen LogP) is 3.77. The molecule has 0 bridgehead atoms. The Balaban J connectivity index is 1.68. The van der Waals surface area contributed by atoms with Gasteiger partial charge in [-0.15, -0.1) is 0 Å². The first-order valence-corrected chi connectivity index (χ1v) is 8.12. The molecule has 1 atom stereocenters. The highest BCUT2D eigenvalue weighted by molar-refractivity contribution is 5.55. The van der Waals surface area contributed by atoms with Crippen LogP contribution < -0.4 is 10.5 Å². The summed E-state index contributed by atoms with van der Waals surface area (Å²) in [5, 5.41) is 4.03. The Hall–Kier alpha value is -2.66. The molecule has 0 saturated carbocycles. The van der Waals surface area contributed by atoms with E-state index in [4.69, 9.17) is 15.0 Å². The van der Waals surface area contributed by atoms with E-state index in [1.807, 2.05) is 54.6 Å². The summed E-state index contributed by atoms with van der Waals surface area (Å²) in [4.78, 5) is 4.42. The average Bonchev–Trinajstić information content (AvgIpc) is 3.11. The lowest BCUT2D eigenvalue weighted by atomic mass is 10.1. The zero-order valence-corrected chi connectivity index (χ0v) is 13.7. The third-order valence-electron chi connectivity index (χ3n) is 3.64. The second-order valence-electron chi connectivity index (χ2n) is 5.63. The van der Waals surface area contributed by atoms with Crippen molar-refractivity contribution in [3.8, 4) is 17.1 Å². The lowest BCUT2D eigenvalue weighted by Gasteiger charge is -2.06. The smallest absolute Gasteiger partial charge is 0.244 e. The van der Waals surface area contributed by atoms with Crippen molar-refractivity contribution in [1.29, 1.82) is 0 Å². The zero-order valence-electron chi connectivity index (χ0n) is 13.7. The summed E-state index contributed by atoms with van der Waals surface area (Å²) in [5.41, 5.74) is 8.20. The van der Waals surface area contributed by atoms with Gasteiger partial charge in [0.25, 0.3) is 0 Å². The molecule has 3 rings (SSSR count). The monoisotopic (exact) mass is 323 g/mol. The van der Waals surface area contributed by atoms with E-state index in [1.54, 1.807) is 0 Å². The highest BCUT2D eigenvalue weighted by Crippen LogP contribution is 2.22. The Morgan fingerprint density at radius 1 is 1.08 bits per heavy atom. The number of aromatic nitrogens is 2. The van der Waals surface area contributed by atoms with E-state index < -0.39 is 0 Å². The normalized spacial score (nSPS) is 12.1. The fourth-order valence-corrected chi connectivity index (χ4v) is 2.38. The molecule has 0 unspecified atom stereocenters. The van der Waals surface area contributed by atoms with E-state index in [1.165, 1.54) is 0 Å². The summed E-state index contributed by atoms with van der Waals surface area (Å²) in [7, 11) is 0. The molecule has 5 heteroatoms. The molecular weight excluding hydrogens is 302 g/mol. The van der Waals surface area contributed by atoms with Crippen molar-refractivity contribution in [2.24, 2.45) is 5.73 Å². The number of rotatable bonds is 7. The van der Waals surface area contributed by atoms with Crippen LogP contribution in [0.4, 0.5) is 0 Å². The SMILES string of the molecule is CCCOc1ccc(-c2noc([C@@H](N)Cc3ccccc3)n2)cc1. The Kier molecular flexibility index (Phi) is 5.23. The highest BCUT2D eigenvalue weighted by atomic mass is 16.5. The minimum absolute atomic E-state index is 0.319. The largest absolute Gasteiger partial charge is 0.494 e. The lowest BCUT2D eigenvalue weighted by molar-refractivity contribution is 0.317. The van der Waals surface area contributed by atoms with Gasteiger partial charge in [-0.3, -0.25) is 0 Å². The molecule has 1 heterocycles. The topological polar surface area (TPSA) is 74.2 Å². The second-order valence-corrected chi connectivity index (χ2v) is 5.63. The van der Waals surface area contributed by atoms with Crippen LogP contribution in [0.25, 0.3) is 11.4 Å². The molecule has 0 fully saturated rings. The number of hydrogen-bond donors (Lipinski definition) is 1. The summed E-state index contributed by atoms with van der Waals surface area (Å²) < 4.78 is 10.9. The maximum atomic E-state index is 6.18. The highest BCUT2D eigenvalue weighted by Gasteiger charge is 2.16. The van der Waals surface area contributed by atoms with Crippen molar-refractivity contribution in [3.05, 3.63) is 66.1 Å². The first-order chi connectivity index (χ1) is 11.8. The van der Waals surface area contributed by atoms with Crippen molar-refractivity contribution in [2.75, 3.05) is 6.61 Å². The van der Waals surface area contributed by atoms with Crippen LogP contribution in [0.15, 0.2) is 59.1 Å². The zero-order chi connectivity index (χ0) is 16.8. The number of benzene rings is 2. The van der Waals surface area contributed by atoms with E-state index >= 15 is 0 Å². The standard InChI is InChI=1S/C19H21N3O2/c1-2-12-23-16-10-8-15(9-11-16)18-21-19(24-22-18)17(20)13-14-6-4-3-5-7-14/h3-11,17H,2,12-13,20H2,1H3/t17-/m0/s1. The number of ether oxygens (including phenoxy) is 1. The quantitative estimate of drug-likeness (QED) is 0.716. The van der Waals surface area contributed by atoms with Crippen LogP contribution in [0.2, 0.25) is 0 Å². The Morgan fingerprint density at radius 2 is 1.83 bits per heavy atom. The number of nitrogens with zero attached hydrogens (tertiary/aromatic N) is 2. The molecule has 0 saturated heterocycles. The summed E-state index contributed by atoms with van der Waals surface area (Å²) in [6.45, 7) is 2.79. The van der Waals surface area contributed by atoms with E-state index in [9.17, 15) is 0 Å². The van der Waals surface area contributed by atoms with Gasteiger partial charge in [-0.1, -0.05) is 42.4 Å². The van der Waals surface area contributed by atoms with Crippen LogP contribution in [-0.4, -0.2) is 16.7 Å². The average molecular weight is 323 g/mol. The molecule has 0 aliphatic carbocycles. The van der Waals surface area contributed by atoms with Gasteiger partial charge in [0.05, 0.1) is 12.6 Å². The summed E-state index contributed by atoms with van der Waals surface area (Å²) in [6, 6.07) is 17.4. The van der Waals surface area contributed by atoms with Crippen molar-refractivity contribution < 1.29 is 9.26 Å². The Morgan fingerprint density at radius 3 is 2.54 bits per heavy atom. The fourth-order valence-electron chi connectivity index (χ4n) is 2.38. The van der Waals surface area contributed by atoms with Crippen molar-refractivity contribution in [3.63, 3.8) is 0 Å². The number of hydrogen-bond acceptors (Lipinski definition) is 5.